The molecule has 1 aliphatic heterocycles. The van der Waals surface area contributed by atoms with Crippen LogP contribution in [0.15, 0.2) is 71.5 Å². The van der Waals surface area contributed by atoms with E-state index in [-0.39, 0.29) is 10.8 Å². The molecule has 0 saturated carbocycles. The molecule has 5 rings (SSSR count). The van der Waals surface area contributed by atoms with E-state index in [0.29, 0.717) is 0 Å². The van der Waals surface area contributed by atoms with Gasteiger partial charge in [0, 0.05) is 51.9 Å². The van der Waals surface area contributed by atoms with Crippen LogP contribution in [0.4, 0.5) is 18.9 Å². The molecular formula is C29H33F3N3P. The molecule has 190 valence electrons. The predicted octanol–water partition coefficient (Wildman–Crippen LogP) is 8.80. The molecule has 1 aromatic heterocycles. The maximum atomic E-state index is 14.1. The first-order valence-electron chi connectivity index (χ1n) is 12.6. The van der Waals surface area contributed by atoms with E-state index in [1.54, 1.807) is 6.07 Å². The van der Waals surface area contributed by atoms with E-state index in [2.05, 4.69) is 67.3 Å². The van der Waals surface area contributed by atoms with Crippen LogP contribution < -0.4 is 5.30 Å². The third-order valence-corrected chi connectivity index (χ3v) is 11.9. The van der Waals surface area contributed by atoms with E-state index in [9.17, 15) is 13.2 Å². The van der Waals surface area contributed by atoms with Gasteiger partial charge < -0.3 is 4.57 Å². The summed E-state index contributed by atoms with van der Waals surface area (Å²) >= 11 is 0. The molecule has 0 spiro atoms. The second-order valence-electron chi connectivity index (χ2n) is 10.5. The summed E-state index contributed by atoms with van der Waals surface area (Å²) in [5.41, 5.74) is 1.69. The molecule has 0 aliphatic carbocycles. The van der Waals surface area contributed by atoms with Crippen molar-refractivity contribution in [3.63, 3.8) is 0 Å². The Morgan fingerprint density at radius 1 is 0.833 bits per heavy atom. The number of hydrogen-bond donors (Lipinski definition) is 0. The minimum atomic E-state index is -4.46. The van der Waals surface area contributed by atoms with Gasteiger partial charge in [0.05, 0.1) is 18.5 Å². The van der Waals surface area contributed by atoms with Crippen LogP contribution in [0, 0.1) is 0 Å². The molecule has 1 saturated heterocycles. The molecule has 4 aromatic rings. The third-order valence-electron chi connectivity index (χ3n) is 7.32. The zero-order valence-electron chi connectivity index (χ0n) is 21.3. The van der Waals surface area contributed by atoms with Crippen LogP contribution in [-0.4, -0.2) is 27.5 Å². The molecule has 1 aliphatic rings. The van der Waals surface area contributed by atoms with Gasteiger partial charge >= 0.3 is 6.18 Å². The summed E-state index contributed by atoms with van der Waals surface area (Å²) in [4.78, 5) is 0. The number of para-hydroxylation sites is 1. The van der Waals surface area contributed by atoms with Crippen LogP contribution in [0.5, 0.6) is 0 Å². The van der Waals surface area contributed by atoms with Gasteiger partial charge in [-0.1, -0.05) is 51.1 Å². The highest BCUT2D eigenvalue weighted by molar-refractivity contribution is 7.73. The Kier molecular flexibility index (Phi) is 6.33. The summed E-state index contributed by atoms with van der Waals surface area (Å²) in [6, 6.07) is 20.7. The molecule has 0 unspecified atom stereocenters. The molecule has 0 amide bonds. The first-order chi connectivity index (χ1) is 17.1. The monoisotopic (exact) mass is 511 g/mol. The fourth-order valence-electron chi connectivity index (χ4n) is 5.77. The summed E-state index contributed by atoms with van der Waals surface area (Å²) in [6.45, 7) is 11.1. The van der Waals surface area contributed by atoms with E-state index >= 15 is 0 Å². The normalized spacial score (nSPS) is 17.1. The van der Waals surface area contributed by atoms with E-state index < -0.39 is 18.9 Å². The molecule has 36 heavy (non-hydrogen) atoms. The van der Waals surface area contributed by atoms with Gasteiger partial charge in [0.2, 0.25) is 0 Å². The van der Waals surface area contributed by atoms with E-state index in [4.69, 9.17) is 4.74 Å². The van der Waals surface area contributed by atoms with Gasteiger partial charge in [-0.2, -0.15) is 13.2 Å². The molecule has 3 nitrogen and oxygen atoms in total. The van der Waals surface area contributed by atoms with Crippen LogP contribution in [0.3, 0.4) is 0 Å². The summed E-state index contributed by atoms with van der Waals surface area (Å²) in [7, 11) is -2.63. The van der Waals surface area contributed by atoms with Crippen molar-refractivity contribution in [3.8, 4) is 0 Å². The lowest BCUT2D eigenvalue weighted by Crippen LogP contribution is -2.35. The standard InChI is InChI=1S/C29H33F3N3P/c1-5-35-26-15-9-6-12-22(26)23-20-21(16-17-27(23)35)36(28(2,3)4,34-18-10-11-19-34)33-25-14-8-7-13-24(25)29(30,31)32/h6-9,12-17,20H,5,10-11,18-19H2,1-4H3/t36-/m1/s1. The highest BCUT2D eigenvalue weighted by atomic mass is 31.2. The van der Waals surface area contributed by atoms with Crippen molar-refractivity contribution < 1.29 is 13.2 Å². The van der Waals surface area contributed by atoms with E-state index in [1.165, 1.54) is 23.0 Å². The lowest BCUT2D eigenvalue weighted by Gasteiger charge is -2.44. The Balaban J connectivity index is 1.88. The Labute approximate surface area is 211 Å². The lowest BCUT2D eigenvalue weighted by atomic mass is 10.1. The number of halogens is 3. The second kappa shape index (κ2) is 9.08. The Morgan fingerprint density at radius 3 is 2.14 bits per heavy atom. The van der Waals surface area contributed by atoms with Gasteiger partial charge in [0.1, 0.15) is 0 Å². The summed E-state index contributed by atoms with van der Waals surface area (Å²) in [5.74, 6) is 0. The first-order valence-corrected chi connectivity index (χ1v) is 14.3. The molecule has 1 atom stereocenters. The van der Waals surface area contributed by atoms with Crippen LogP contribution in [0.2, 0.25) is 0 Å². The summed E-state index contributed by atoms with van der Waals surface area (Å²) < 4.78 is 52.1. The van der Waals surface area contributed by atoms with Crippen molar-refractivity contribution in [2.75, 3.05) is 13.1 Å². The zero-order chi connectivity index (χ0) is 25.7. The van der Waals surface area contributed by atoms with Crippen LogP contribution in [0.25, 0.3) is 21.8 Å². The minimum absolute atomic E-state index is 0.0382. The van der Waals surface area contributed by atoms with Gasteiger partial charge in [-0.05, 0) is 56.2 Å². The Bertz CT molecular complexity index is 1470. The molecule has 0 radical (unpaired) electrons. The van der Waals surface area contributed by atoms with Crippen molar-refractivity contribution in [1.82, 2.24) is 9.24 Å². The average molecular weight is 512 g/mol. The molecule has 1 fully saturated rings. The van der Waals surface area contributed by atoms with Gasteiger partial charge in [-0.25, -0.2) is 4.74 Å². The number of alkyl halides is 3. The molecule has 0 N–H and O–H groups in total. The fraction of sp³-hybridized carbons (Fsp3) is 0.379. The van der Waals surface area contributed by atoms with Crippen molar-refractivity contribution in [3.05, 3.63) is 72.3 Å². The zero-order valence-corrected chi connectivity index (χ0v) is 22.2. The third kappa shape index (κ3) is 3.99. The van der Waals surface area contributed by atoms with Gasteiger partial charge in [0.25, 0.3) is 0 Å². The number of benzene rings is 3. The predicted molar refractivity (Wildman–Crippen MR) is 146 cm³/mol. The topological polar surface area (TPSA) is 20.5 Å². The lowest BCUT2D eigenvalue weighted by molar-refractivity contribution is -0.137. The SMILES string of the molecule is CCn1c2ccccc2c2cc([P@@](=Nc3ccccc3C(F)(F)F)(N3CCCC3)C(C)(C)C)ccc21. The number of nitrogens with zero attached hydrogens (tertiary/aromatic N) is 3. The molecular weight excluding hydrogens is 478 g/mol. The number of hydrogen-bond acceptors (Lipinski definition) is 1. The van der Waals surface area contributed by atoms with Crippen LogP contribution >= 0.6 is 7.21 Å². The number of aryl methyl sites for hydroxylation is 1. The second-order valence-corrected chi connectivity index (χ2v) is 14.3. The van der Waals surface area contributed by atoms with E-state index in [0.717, 1.165) is 54.7 Å². The average Bonchev–Trinajstić information content (AvgIpc) is 3.47. The Hall–Kier alpha value is -2.56. The highest BCUT2D eigenvalue weighted by Gasteiger charge is 2.43. The number of fused-ring (bicyclic) bond motifs is 3. The summed E-state index contributed by atoms with van der Waals surface area (Å²) in [6.07, 6.45) is -2.39. The quantitative estimate of drug-likeness (QED) is 0.251. The number of rotatable bonds is 4. The van der Waals surface area contributed by atoms with Gasteiger partial charge in [-0.3, -0.25) is 4.67 Å². The minimum Gasteiger partial charge on any atom is -0.341 e. The summed E-state index contributed by atoms with van der Waals surface area (Å²) in [5, 5.41) is 2.98. The van der Waals surface area contributed by atoms with Gasteiger partial charge in [-0.15, -0.1) is 0 Å². The molecule has 0 bridgehead atoms. The molecule has 2 heterocycles. The van der Waals surface area contributed by atoms with Crippen molar-refractivity contribution in [2.24, 2.45) is 4.74 Å². The maximum Gasteiger partial charge on any atom is 0.418 e. The highest BCUT2D eigenvalue weighted by Crippen LogP contribution is 2.65. The number of aromatic nitrogens is 1. The smallest absolute Gasteiger partial charge is 0.341 e. The molecule has 7 heteroatoms. The first kappa shape index (κ1) is 25.1. The van der Waals surface area contributed by atoms with E-state index in [1.807, 2.05) is 12.1 Å². The fourth-order valence-corrected chi connectivity index (χ4v) is 10.2. The van der Waals surface area contributed by atoms with Crippen LogP contribution in [-0.2, 0) is 12.7 Å². The molecule has 3 aromatic carbocycles. The maximum absolute atomic E-state index is 14.1. The Morgan fingerprint density at radius 2 is 1.47 bits per heavy atom. The van der Waals surface area contributed by atoms with Gasteiger partial charge in [0.15, 0.2) is 0 Å². The van der Waals surface area contributed by atoms with Crippen molar-refractivity contribution in [1.29, 1.82) is 0 Å². The van der Waals surface area contributed by atoms with Crippen LogP contribution in [0.1, 0.15) is 46.1 Å². The largest absolute Gasteiger partial charge is 0.418 e. The van der Waals surface area contributed by atoms with Crippen molar-refractivity contribution >= 4 is 40.0 Å². The van der Waals surface area contributed by atoms with Crippen molar-refractivity contribution in [2.45, 2.75) is 58.4 Å².